The van der Waals surface area contributed by atoms with Crippen LogP contribution in [0.25, 0.3) is 0 Å². The summed E-state index contributed by atoms with van der Waals surface area (Å²) >= 11 is 0. The summed E-state index contributed by atoms with van der Waals surface area (Å²) in [6, 6.07) is 14.5. The minimum Gasteiger partial charge on any atom is -0.374 e. The molecule has 7 heteroatoms. The SMILES string of the molecule is CN(CC1(c2ccccc2)CC1)c1ccc([N+](=O)[O-])c(S(C)(=O)=O)c1. The molecule has 1 fully saturated rings. The number of rotatable bonds is 6. The Hall–Kier alpha value is -2.41. The maximum atomic E-state index is 11.9. The lowest BCUT2D eigenvalue weighted by atomic mass is 9.95. The second-order valence-corrected chi connectivity index (χ2v) is 8.67. The van der Waals surface area contributed by atoms with E-state index in [9.17, 15) is 18.5 Å². The summed E-state index contributed by atoms with van der Waals surface area (Å²) in [5, 5.41) is 11.1. The molecule has 1 saturated carbocycles. The molecular formula is C18H20N2O4S. The van der Waals surface area contributed by atoms with E-state index >= 15 is 0 Å². The van der Waals surface area contributed by atoms with Gasteiger partial charge in [0.05, 0.1) is 4.92 Å². The first-order valence-electron chi connectivity index (χ1n) is 7.98. The van der Waals surface area contributed by atoms with Gasteiger partial charge < -0.3 is 4.90 Å². The van der Waals surface area contributed by atoms with Crippen molar-refractivity contribution in [3.05, 3.63) is 64.2 Å². The van der Waals surface area contributed by atoms with Crippen LogP contribution in [0.2, 0.25) is 0 Å². The van der Waals surface area contributed by atoms with E-state index in [2.05, 4.69) is 12.1 Å². The predicted octanol–water partition coefficient (Wildman–Crippen LogP) is 3.17. The normalized spacial score (nSPS) is 15.6. The third kappa shape index (κ3) is 3.51. The lowest BCUT2D eigenvalue weighted by Gasteiger charge is -2.26. The molecule has 0 unspecified atom stereocenters. The van der Waals surface area contributed by atoms with Gasteiger partial charge >= 0.3 is 0 Å². The predicted molar refractivity (Wildman–Crippen MR) is 96.8 cm³/mol. The molecule has 0 aliphatic heterocycles. The van der Waals surface area contributed by atoms with Crippen LogP contribution in [0.15, 0.2) is 53.4 Å². The Bertz CT molecular complexity index is 906. The van der Waals surface area contributed by atoms with Crippen molar-refractivity contribution in [2.24, 2.45) is 0 Å². The van der Waals surface area contributed by atoms with E-state index in [1.54, 1.807) is 6.07 Å². The summed E-state index contributed by atoms with van der Waals surface area (Å²) in [6.07, 6.45) is 3.14. The van der Waals surface area contributed by atoms with Crippen molar-refractivity contribution in [2.75, 3.05) is 24.7 Å². The zero-order valence-corrected chi connectivity index (χ0v) is 15.0. The van der Waals surface area contributed by atoms with Crippen molar-refractivity contribution < 1.29 is 13.3 Å². The molecular weight excluding hydrogens is 340 g/mol. The molecule has 0 heterocycles. The monoisotopic (exact) mass is 360 g/mol. The van der Waals surface area contributed by atoms with Crippen molar-refractivity contribution in [3.8, 4) is 0 Å². The number of nitrogens with zero attached hydrogens (tertiary/aromatic N) is 2. The maximum Gasteiger partial charge on any atom is 0.288 e. The minimum atomic E-state index is -3.68. The molecule has 25 heavy (non-hydrogen) atoms. The van der Waals surface area contributed by atoms with E-state index in [1.807, 2.05) is 30.1 Å². The number of anilines is 1. The van der Waals surface area contributed by atoms with Crippen LogP contribution in [0, 0.1) is 10.1 Å². The smallest absolute Gasteiger partial charge is 0.288 e. The van der Waals surface area contributed by atoms with Gasteiger partial charge in [-0.3, -0.25) is 10.1 Å². The Labute approximate surface area is 147 Å². The van der Waals surface area contributed by atoms with Crippen LogP contribution < -0.4 is 4.90 Å². The Balaban J connectivity index is 1.91. The maximum absolute atomic E-state index is 11.9. The number of nitro benzene ring substituents is 1. The van der Waals surface area contributed by atoms with Gasteiger partial charge in [-0.1, -0.05) is 30.3 Å². The number of benzene rings is 2. The number of hydrogen-bond donors (Lipinski definition) is 0. The first-order valence-corrected chi connectivity index (χ1v) is 9.87. The van der Waals surface area contributed by atoms with E-state index in [0.717, 1.165) is 25.6 Å². The van der Waals surface area contributed by atoms with Gasteiger partial charge in [-0.25, -0.2) is 8.42 Å². The van der Waals surface area contributed by atoms with E-state index in [-0.39, 0.29) is 16.0 Å². The second kappa shape index (κ2) is 6.15. The Morgan fingerprint density at radius 2 is 1.80 bits per heavy atom. The highest BCUT2D eigenvalue weighted by Crippen LogP contribution is 2.49. The Morgan fingerprint density at radius 1 is 1.16 bits per heavy atom. The van der Waals surface area contributed by atoms with Crippen LogP contribution in [0.1, 0.15) is 18.4 Å². The van der Waals surface area contributed by atoms with E-state index in [1.165, 1.54) is 17.7 Å². The molecule has 0 N–H and O–H groups in total. The first-order chi connectivity index (χ1) is 11.7. The van der Waals surface area contributed by atoms with Crippen molar-refractivity contribution in [1.29, 1.82) is 0 Å². The van der Waals surface area contributed by atoms with Crippen molar-refractivity contribution in [2.45, 2.75) is 23.2 Å². The second-order valence-electron chi connectivity index (χ2n) is 6.68. The topological polar surface area (TPSA) is 80.5 Å². The number of likely N-dealkylation sites (N-methyl/N-ethyl adjacent to an activating group) is 1. The van der Waals surface area contributed by atoms with Gasteiger partial charge in [0.25, 0.3) is 5.69 Å². The van der Waals surface area contributed by atoms with Crippen LogP contribution in [-0.4, -0.2) is 33.2 Å². The minimum absolute atomic E-state index is 0.0725. The number of sulfone groups is 1. The Morgan fingerprint density at radius 3 is 2.32 bits per heavy atom. The fourth-order valence-corrected chi connectivity index (χ4v) is 4.07. The summed E-state index contributed by atoms with van der Waals surface area (Å²) in [5.41, 5.74) is 1.62. The van der Waals surface area contributed by atoms with Gasteiger partial charge in [0.15, 0.2) is 9.84 Å². The zero-order valence-electron chi connectivity index (χ0n) is 14.2. The quantitative estimate of drug-likeness (QED) is 0.584. The lowest BCUT2D eigenvalue weighted by Crippen LogP contribution is -2.29. The zero-order chi connectivity index (χ0) is 18.2. The third-order valence-electron chi connectivity index (χ3n) is 4.76. The van der Waals surface area contributed by atoms with Gasteiger partial charge in [0.1, 0.15) is 4.90 Å². The third-order valence-corrected chi connectivity index (χ3v) is 5.89. The molecule has 0 radical (unpaired) electrons. The molecule has 6 nitrogen and oxygen atoms in total. The summed E-state index contributed by atoms with van der Waals surface area (Å²) in [5.74, 6) is 0. The average molecular weight is 360 g/mol. The highest BCUT2D eigenvalue weighted by Gasteiger charge is 2.45. The van der Waals surface area contributed by atoms with Crippen LogP contribution >= 0.6 is 0 Å². The van der Waals surface area contributed by atoms with Gasteiger partial charge in [-0.2, -0.15) is 0 Å². The van der Waals surface area contributed by atoms with E-state index in [0.29, 0.717) is 5.69 Å². The van der Waals surface area contributed by atoms with Crippen molar-refractivity contribution in [3.63, 3.8) is 0 Å². The number of hydrogen-bond acceptors (Lipinski definition) is 5. The molecule has 132 valence electrons. The summed E-state index contributed by atoms with van der Waals surface area (Å²) < 4.78 is 23.9. The van der Waals surface area contributed by atoms with Crippen LogP contribution in [0.4, 0.5) is 11.4 Å². The molecule has 0 aromatic heterocycles. The molecule has 0 saturated heterocycles. The van der Waals surface area contributed by atoms with Gasteiger partial charge in [0, 0.05) is 37.0 Å². The molecule has 2 aromatic rings. The molecule has 1 aliphatic rings. The first kappa shape index (κ1) is 17.4. The van der Waals surface area contributed by atoms with Crippen molar-refractivity contribution in [1.82, 2.24) is 0 Å². The molecule has 0 bridgehead atoms. The van der Waals surface area contributed by atoms with Crippen LogP contribution in [-0.2, 0) is 15.3 Å². The van der Waals surface area contributed by atoms with Gasteiger partial charge in [-0.15, -0.1) is 0 Å². The fraction of sp³-hybridized carbons (Fsp3) is 0.333. The summed E-state index contributed by atoms with van der Waals surface area (Å²) in [6.45, 7) is 0.734. The average Bonchev–Trinajstić information content (AvgIpc) is 3.35. The molecule has 3 rings (SSSR count). The lowest BCUT2D eigenvalue weighted by molar-refractivity contribution is -0.387. The van der Waals surface area contributed by atoms with Crippen molar-refractivity contribution >= 4 is 21.2 Å². The highest BCUT2D eigenvalue weighted by atomic mass is 32.2. The number of nitro groups is 1. The molecule has 0 spiro atoms. The molecule has 0 atom stereocenters. The molecule has 2 aromatic carbocycles. The summed E-state index contributed by atoms with van der Waals surface area (Å²) in [4.78, 5) is 12.2. The van der Waals surface area contributed by atoms with E-state index in [4.69, 9.17) is 0 Å². The molecule has 1 aliphatic carbocycles. The molecule has 0 amide bonds. The largest absolute Gasteiger partial charge is 0.374 e. The Kier molecular flexibility index (Phi) is 4.28. The van der Waals surface area contributed by atoms with Crippen LogP contribution in [0.3, 0.4) is 0 Å². The highest BCUT2D eigenvalue weighted by molar-refractivity contribution is 7.90. The standard InChI is InChI=1S/C18H20N2O4S/c1-19(13-18(10-11-18)14-6-4-3-5-7-14)15-8-9-16(20(21)22)17(12-15)25(2,23)24/h3-9,12H,10-11,13H2,1-2H3. The van der Waals surface area contributed by atoms with Gasteiger partial charge in [0.2, 0.25) is 0 Å². The fourth-order valence-electron chi connectivity index (χ4n) is 3.21. The van der Waals surface area contributed by atoms with Gasteiger partial charge in [-0.05, 0) is 30.5 Å². The van der Waals surface area contributed by atoms with E-state index < -0.39 is 14.8 Å². The summed E-state index contributed by atoms with van der Waals surface area (Å²) in [7, 11) is -1.80. The van der Waals surface area contributed by atoms with Crippen LogP contribution in [0.5, 0.6) is 0 Å².